The number of benzene rings is 1. The van der Waals surface area contributed by atoms with Crippen LogP contribution in [0.25, 0.3) is 10.2 Å². The minimum absolute atomic E-state index is 0.0618. The molecule has 7 heteroatoms. The number of rotatable bonds is 6. The summed E-state index contributed by atoms with van der Waals surface area (Å²) in [7, 11) is 0. The van der Waals surface area contributed by atoms with E-state index in [0.717, 1.165) is 40.8 Å². The predicted molar refractivity (Wildman–Crippen MR) is 135 cm³/mol. The molecule has 0 spiro atoms. The highest BCUT2D eigenvalue weighted by molar-refractivity contribution is 7.17. The molecule has 1 aromatic carbocycles. The van der Waals surface area contributed by atoms with E-state index >= 15 is 0 Å². The monoisotopic (exact) mass is 479 g/mol. The molecule has 5 rings (SSSR count). The van der Waals surface area contributed by atoms with Crippen LogP contribution in [0.15, 0.2) is 41.8 Å². The number of nitrogens with one attached hydrogen (secondary N) is 1. The number of hydrogen-bond acceptors (Lipinski definition) is 4. The number of thiophene rings is 1. The average Bonchev–Trinajstić information content (AvgIpc) is 3.42. The van der Waals surface area contributed by atoms with Gasteiger partial charge in [-0.25, -0.2) is 0 Å². The summed E-state index contributed by atoms with van der Waals surface area (Å²) >= 11 is 1.63. The van der Waals surface area contributed by atoms with Gasteiger partial charge in [0.05, 0.1) is 23.4 Å². The maximum atomic E-state index is 13.9. The molecule has 1 fully saturated rings. The largest absolute Gasteiger partial charge is 0.494 e. The fourth-order valence-electron chi connectivity index (χ4n) is 5.42. The highest BCUT2D eigenvalue weighted by Crippen LogP contribution is 2.36. The second kappa shape index (κ2) is 9.10. The molecule has 3 aromatic rings. The van der Waals surface area contributed by atoms with Gasteiger partial charge in [0.1, 0.15) is 17.0 Å². The molecule has 0 unspecified atom stereocenters. The summed E-state index contributed by atoms with van der Waals surface area (Å²) in [4.78, 5) is 29.5. The first-order valence-corrected chi connectivity index (χ1v) is 13.2. The van der Waals surface area contributed by atoms with E-state index in [-0.39, 0.29) is 17.9 Å². The first-order chi connectivity index (χ1) is 16.4. The van der Waals surface area contributed by atoms with Crippen LogP contribution < -0.4 is 10.1 Å². The summed E-state index contributed by atoms with van der Waals surface area (Å²) in [6, 6.07) is 12.0. The van der Waals surface area contributed by atoms with Crippen LogP contribution in [-0.4, -0.2) is 39.5 Å². The topological polar surface area (TPSA) is 63.6 Å². The fourth-order valence-corrected chi connectivity index (χ4v) is 6.24. The highest BCUT2D eigenvalue weighted by atomic mass is 32.1. The van der Waals surface area contributed by atoms with E-state index in [4.69, 9.17) is 4.74 Å². The smallest absolute Gasteiger partial charge is 0.271 e. The minimum atomic E-state index is -0.992. The third-order valence-corrected chi connectivity index (χ3v) is 8.39. The second-order valence-electron chi connectivity index (χ2n) is 9.87. The zero-order valence-corrected chi connectivity index (χ0v) is 21.0. The van der Waals surface area contributed by atoms with Gasteiger partial charge in [0.25, 0.3) is 5.91 Å². The number of aromatic nitrogens is 1. The van der Waals surface area contributed by atoms with Crippen molar-refractivity contribution >= 4 is 33.4 Å². The van der Waals surface area contributed by atoms with Gasteiger partial charge in [-0.15, -0.1) is 11.3 Å². The van der Waals surface area contributed by atoms with Crippen molar-refractivity contribution in [2.75, 3.05) is 6.61 Å². The van der Waals surface area contributed by atoms with Gasteiger partial charge in [-0.1, -0.05) is 31.9 Å². The lowest BCUT2D eigenvalue weighted by Crippen LogP contribution is -2.65. The van der Waals surface area contributed by atoms with Gasteiger partial charge in [0.2, 0.25) is 5.91 Å². The van der Waals surface area contributed by atoms with E-state index in [1.807, 2.05) is 60.2 Å². The summed E-state index contributed by atoms with van der Waals surface area (Å²) in [5.41, 5.74) is 1.67. The predicted octanol–water partition coefficient (Wildman–Crippen LogP) is 5.21. The van der Waals surface area contributed by atoms with Gasteiger partial charge < -0.3 is 19.5 Å². The maximum Gasteiger partial charge on any atom is 0.271 e. The van der Waals surface area contributed by atoms with Crippen molar-refractivity contribution in [2.24, 2.45) is 5.92 Å². The molecule has 2 amide bonds. The molecule has 0 bridgehead atoms. The van der Waals surface area contributed by atoms with Crippen molar-refractivity contribution in [3.8, 4) is 5.75 Å². The standard InChI is InChI=1S/C27H33N3O3S/c1-4-33-20-11-9-19(10-12-20)16-30-25(31)23-15-24-22(13-14-34-24)29(23)17-27(30,3)26(32)28-21-8-6-5-7-18(21)2/h9-15,18,21H,4-8,16-17H2,1-3H3,(H,28,32)/t18-,21-,27+/m0/s1. The Kier molecular flexibility index (Phi) is 6.15. The van der Waals surface area contributed by atoms with E-state index in [9.17, 15) is 9.59 Å². The van der Waals surface area contributed by atoms with Gasteiger partial charge >= 0.3 is 0 Å². The van der Waals surface area contributed by atoms with Crippen LogP contribution in [-0.2, 0) is 17.9 Å². The lowest BCUT2D eigenvalue weighted by atomic mass is 9.85. The van der Waals surface area contributed by atoms with Gasteiger partial charge in [-0.05, 0) is 67.8 Å². The summed E-state index contributed by atoms with van der Waals surface area (Å²) in [6.07, 6.45) is 4.49. The number of fused-ring (bicyclic) bond motifs is 3. The van der Waals surface area contributed by atoms with Crippen molar-refractivity contribution in [3.63, 3.8) is 0 Å². The van der Waals surface area contributed by atoms with Crippen molar-refractivity contribution in [1.29, 1.82) is 0 Å². The Balaban J connectivity index is 1.49. The number of carbonyl (C=O) groups is 2. The quantitative estimate of drug-likeness (QED) is 0.528. The Bertz CT molecular complexity index is 1200. The second-order valence-corrected chi connectivity index (χ2v) is 10.8. The molecule has 2 aromatic heterocycles. The van der Waals surface area contributed by atoms with Gasteiger partial charge in [0.15, 0.2) is 0 Å². The number of amides is 2. The van der Waals surface area contributed by atoms with Crippen LogP contribution in [0.4, 0.5) is 0 Å². The number of carbonyl (C=O) groups excluding carboxylic acids is 2. The van der Waals surface area contributed by atoms with Gasteiger partial charge in [-0.3, -0.25) is 9.59 Å². The fraction of sp³-hybridized carbons (Fsp3) is 0.481. The molecular weight excluding hydrogens is 446 g/mol. The first-order valence-electron chi connectivity index (χ1n) is 12.3. The number of hydrogen-bond donors (Lipinski definition) is 1. The molecule has 34 heavy (non-hydrogen) atoms. The number of nitrogens with zero attached hydrogens (tertiary/aromatic N) is 2. The molecule has 1 aliphatic carbocycles. The first kappa shape index (κ1) is 23.0. The minimum Gasteiger partial charge on any atom is -0.494 e. The molecule has 1 saturated carbocycles. The molecule has 6 nitrogen and oxygen atoms in total. The Hall–Kier alpha value is -2.80. The van der Waals surface area contributed by atoms with Crippen LogP contribution >= 0.6 is 11.3 Å². The Labute approximate surface area is 204 Å². The third kappa shape index (κ3) is 4.00. The lowest BCUT2D eigenvalue weighted by molar-refractivity contribution is -0.134. The SMILES string of the molecule is CCOc1ccc(CN2C(=O)c3cc4sccc4n3C[C@]2(C)C(=O)N[C@H]2CCCC[C@@H]2C)cc1. The summed E-state index contributed by atoms with van der Waals surface area (Å²) in [5, 5.41) is 5.38. The van der Waals surface area contributed by atoms with Crippen LogP contribution in [0, 0.1) is 5.92 Å². The molecule has 0 saturated heterocycles. The van der Waals surface area contributed by atoms with Crippen LogP contribution in [0.3, 0.4) is 0 Å². The third-order valence-electron chi connectivity index (χ3n) is 7.54. The average molecular weight is 480 g/mol. The van der Waals surface area contributed by atoms with E-state index in [0.29, 0.717) is 31.3 Å². The molecule has 0 radical (unpaired) electrons. The molecule has 1 N–H and O–H groups in total. The Morgan fingerprint density at radius 2 is 1.97 bits per heavy atom. The summed E-state index contributed by atoms with van der Waals surface area (Å²) in [5.74, 6) is 1.09. The lowest BCUT2D eigenvalue weighted by Gasteiger charge is -2.45. The van der Waals surface area contributed by atoms with Crippen molar-refractivity contribution < 1.29 is 14.3 Å². The summed E-state index contributed by atoms with van der Waals surface area (Å²) < 4.78 is 8.68. The van der Waals surface area contributed by atoms with Crippen molar-refractivity contribution in [2.45, 2.75) is 71.1 Å². The van der Waals surface area contributed by atoms with Crippen LogP contribution in [0.5, 0.6) is 5.75 Å². The van der Waals surface area contributed by atoms with Crippen LogP contribution in [0.2, 0.25) is 0 Å². The molecule has 2 aliphatic rings. The zero-order chi connectivity index (χ0) is 23.9. The van der Waals surface area contributed by atoms with Crippen molar-refractivity contribution in [1.82, 2.24) is 14.8 Å². The van der Waals surface area contributed by atoms with E-state index in [1.54, 1.807) is 16.2 Å². The Morgan fingerprint density at radius 1 is 1.21 bits per heavy atom. The zero-order valence-electron chi connectivity index (χ0n) is 20.2. The molecular formula is C27H33N3O3S. The summed E-state index contributed by atoms with van der Waals surface area (Å²) in [6.45, 7) is 7.51. The van der Waals surface area contributed by atoms with Crippen LogP contribution in [0.1, 0.15) is 62.5 Å². The molecule has 1 aliphatic heterocycles. The molecule has 3 heterocycles. The van der Waals surface area contributed by atoms with Gasteiger partial charge in [-0.2, -0.15) is 0 Å². The number of ether oxygens (including phenoxy) is 1. The molecule has 180 valence electrons. The van der Waals surface area contributed by atoms with E-state index in [2.05, 4.69) is 12.2 Å². The van der Waals surface area contributed by atoms with Crippen molar-refractivity contribution in [3.05, 3.63) is 53.0 Å². The maximum absolute atomic E-state index is 13.9. The normalized spacial score (nSPS) is 24.8. The van der Waals surface area contributed by atoms with E-state index < -0.39 is 5.54 Å². The Morgan fingerprint density at radius 3 is 2.71 bits per heavy atom. The van der Waals surface area contributed by atoms with Gasteiger partial charge in [0, 0.05) is 12.6 Å². The molecule has 3 atom stereocenters. The van der Waals surface area contributed by atoms with E-state index in [1.165, 1.54) is 6.42 Å². The highest BCUT2D eigenvalue weighted by Gasteiger charge is 2.48.